The molecule has 2 rings (SSSR count). The molecule has 1 aromatic heterocycles. The molecule has 2 heteroatoms. The van der Waals surface area contributed by atoms with Gasteiger partial charge in [-0.2, -0.15) is 0 Å². The van der Waals surface area contributed by atoms with Crippen molar-refractivity contribution in [3.8, 4) is 16.9 Å². The predicted octanol–water partition coefficient (Wildman–Crippen LogP) is 5.15. The van der Waals surface area contributed by atoms with Crippen LogP contribution in [0.3, 0.4) is 0 Å². The third-order valence-electron chi connectivity index (χ3n) is 3.05. The van der Waals surface area contributed by atoms with Gasteiger partial charge in [-0.25, -0.2) is 0 Å². The Bertz CT molecular complexity index is 475. The maximum absolute atomic E-state index is 5.75. The van der Waals surface area contributed by atoms with Gasteiger partial charge in [0.2, 0.25) is 0 Å². The molecule has 0 aliphatic carbocycles. The lowest BCUT2D eigenvalue weighted by atomic mass is 9.91. The van der Waals surface area contributed by atoms with Crippen LogP contribution < -0.4 is 4.74 Å². The summed E-state index contributed by atoms with van der Waals surface area (Å²) in [5.41, 5.74) is 2.63. The number of rotatable bonds is 5. The summed E-state index contributed by atoms with van der Waals surface area (Å²) in [6, 6.07) is 10.1. The lowest BCUT2D eigenvalue weighted by molar-refractivity contribution is 0.269. The topological polar surface area (TPSA) is 22.4 Å². The van der Waals surface area contributed by atoms with Crippen molar-refractivity contribution in [2.75, 3.05) is 6.61 Å². The van der Waals surface area contributed by atoms with Gasteiger partial charge in [0.25, 0.3) is 0 Å². The van der Waals surface area contributed by atoms with E-state index in [-0.39, 0.29) is 0 Å². The van der Waals surface area contributed by atoms with Gasteiger partial charge in [0.15, 0.2) is 0 Å². The molecule has 0 bridgehead atoms. The van der Waals surface area contributed by atoms with Gasteiger partial charge >= 0.3 is 0 Å². The Hall–Kier alpha value is -1.70. The van der Waals surface area contributed by atoms with Crippen LogP contribution in [-0.2, 0) is 0 Å². The first-order valence-electron chi connectivity index (χ1n) is 6.80. The van der Waals surface area contributed by atoms with Gasteiger partial charge in [-0.1, -0.05) is 32.9 Å². The summed E-state index contributed by atoms with van der Waals surface area (Å²) in [4.78, 5) is 0. The Morgan fingerprint density at radius 3 is 2.32 bits per heavy atom. The van der Waals surface area contributed by atoms with Gasteiger partial charge in [-0.05, 0) is 42.0 Å². The highest BCUT2D eigenvalue weighted by molar-refractivity contribution is 5.62. The second-order valence-electron chi connectivity index (χ2n) is 6.05. The Morgan fingerprint density at radius 2 is 1.74 bits per heavy atom. The van der Waals surface area contributed by atoms with Gasteiger partial charge in [0.1, 0.15) is 5.75 Å². The van der Waals surface area contributed by atoms with E-state index in [1.165, 1.54) is 6.42 Å². The number of hydrogen-bond donors (Lipinski definition) is 0. The molecule has 0 aliphatic heterocycles. The third kappa shape index (κ3) is 4.47. The standard InChI is InChI=1S/C17H22O2/c1-17(2,3)10-4-11-19-16-7-5-14(6-8-16)15-9-12-18-13-15/h5-9,12-13H,4,10-11H2,1-3H3. The van der Waals surface area contributed by atoms with Crippen LogP contribution in [0, 0.1) is 5.41 Å². The molecule has 0 unspecified atom stereocenters. The molecule has 19 heavy (non-hydrogen) atoms. The average molecular weight is 258 g/mol. The molecular formula is C17H22O2. The SMILES string of the molecule is CC(C)(C)CCCOc1ccc(-c2ccoc2)cc1. The molecule has 0 saturated carbocycles. The molecule has 0 aliphatic rings. The van der Waals surface area contributed by atoms with Crippen LogP contribution in [0.2, 0.25) is 0 Å². The highest BCUT2D eigenvalue weighted by atomic mass is 16.5. The van der Waals surface area contributed by atoms with E-state index < -0.39 is 0 Å². The van der Waals surface area contributed by atoms with Crippen LogP contribution in [0.15, 0.2) is 47.3 Å². The largest absolute Gasteiger partial charge is 0.494 e. The molecule has 0 radical (unpaired) electrons. The number of benzene rings is 1. The van der Waals surface area contributed by atoms with Crippen molar-refractivity contribution in [1.82, 2.24) is 0 Å². The first-order valence-corrected chi connectivity index (χ1v) is 6.80. The fourth-order valence-corrected chi connectivity index (χ4v) is 1.96. The summed E-state index contributed by atoms with van der Waals surface area (Å²) in [6.45, 7) is 7.55. The number of furan rings is 1. The van der Waals surface area contributed by atoms with Crippen molar-refractivity contribution in [2.45, 2.75) is 33.6 Å². The minimum atomic E-state index is 0.383. The zero-order chi connectivity index (χ0) is 13.7. The predicted molar refractivity (Wildman–Crippen MR) is 78.3 cm³/mol. The molecule has 0 spiro atoms. The molecule has 0 N–H and O–H groups in total. The summed E-state index contributed by atoms with van der Waals surface area (Å²) in [6.07, 6.45) is 5.71. The molecule has 1 heterocycles. The van der Waals surface area contributed by atoms with Crippen LogP contribution in [0.4, 0.5) is 0 Å². The van der Waals surface area contributed by atoms with Gasteiger partial charge < -0.3 is 9.15 Å². The molecule has 0 saturated heterocycles. The second kappa shape index (κ2) is 5.96. The zero-order valence-electron chi connectivity index (χ0n) is 12.0. The first kappa shape index (κ1) is 13.7. The smallest absolute Gasteiger partial charge is 0.119 e. The van der Waals surface area contributed by atoms with E-state index in [0.717, 1.165) is 29.9 Å². The number of hydrogen-bond acceptors (Lipinski definition) is 2. The van der Waals surface area contributed by atoms with Crippen LogP contribution in [-0.4, -0.2) is 6.61 Å². The van der Waals surface area contributed by atoms with Crippen LogP contribution in [0.1, 0.15) is 33.6 Å². The van der Waals surface area contributed by atoms with Gasteiger partial charge in [0.05, 0.1) is 19.1 Å². The van der Waals surface area contributed by atoms with Crippen LogP contribution >= 0.6 is 0 Å². The van der Waals surface area contributed by atoms with Gasteiger partial charge in [0, 0.05) is 5.56 Å². The van der Waals surface area contributed by atoms with Crippen LogP contribution in [0.25, 0.3) is 11.1 Å². The summed E-state index contributed by atoms with van der Waals surface area (Å²) in [5, 5.41) is 0. The van der Waals surface area contributed by atoms with E-state index in [2.05, 4.69) is 32.9 Å². The fourth-order valence-electron chi connectivity index (χ4n) is 1.96. The Labute approximate surface area is 115 Å². The van der Waals surface area contributed by atoms with Gasteiger partial charge in [-0.3, -0.25) is 0 Å². The van der Waals surface area contributed by atoms with Crippen molar-refractivity contribution in [1.29, 1.82) is 0 Å². The van der Waals surface area contributed by atoms with Crippen molar-refractivity contribution in [3.05, 3.63) is 42.9 Å². The van der Waals surface area contributed by atoms with E-state index in [0.29, 0.717) is 5.41 Å². The van der Waals surface area contributed by atoms with Crippen molar-refractivity contribution in [2.24, 2.45) is 5.41 Å². The molecule has 0 fully saturated rings. The summed E-state index contributed by atoms with van der Waals surface area (Å²) >= 11 is 0. The summed E-state index contributed by atoms with van der Waals surface area (Å²) in [7, 11) is 0. The maximum atomic E-state index is 5.75. The van der Waals surface area contributed by atoms with E-state index >= 15 is 0 Å². The van der Waals surface area contributed by atoms with Gasteiger partial charge in [-0.15, -0.1) is 0 Å². The fraction of sp³-hybridized carbons (Fsp3) is 0.412. The first-order chi connectivity index (χ1) is 9.04. The second-order valence-corrected chi connectivity index (χ2v) is 6.05. The maximum Gasteiger partial charge on any atom is 0.119 e. The Kier molecular flexibility index (Phi) is 4.31. The summed E-state index contributed by atoms with van der Waals surface area (Å²) < 4.78 is 10.8. The van der Waals surface area contributed by atoms with E-state index in [1.54, 1.807) is 12.5 Å². The quantitative estimate of drug-likeness (QED) is 0.692. The van der Waals surface area contributed by atoms with Crippen LogP contribution in [0.5, 0.6) is 5.75 Å². The molecule has 102 valence electrons. The molecule has 2 aromatic rings. The Morgan fingerprint density at radius 1 is 1.00 bits per heavy atom. The van der Waals surface area contributed by atoms with Crippen molar-refractivity contribution < 1.29 is 9.15 Å². The number of ether oxygens (including phenoxy) is 1. The lowest BCUT2D eigenvalue weighted by Gasteiger charge is -2.17. The molecule has 2 nitrogen and oxygen atoms in total. The van der Waals surface area contributed by atoms with E-state index in [1.807, 2.05) is 18.2 Å². The molecule has 0 amide bonds. The zero-order valence-corrected chi connectivity index (χ0v) is 12.0. The lowest BCUT2D eigenvalue weighted by Crippen LogP contribution is -2.07. The highest BCUT2D eigenvalue weighted by Crippen LogP contribution is 2.24. The monoisotopic (exact) mass is 258 g/mol. The molecule has 0 atom stereocenters. The third-order valence-corrected chi connectivity index (χ3v) is 3.05. The Balaban J connectivity index is 1.83. The normalized spacial score (nSPS) is 11.5. The molecule has 1 aromatic carbocycles. The van der Waals surface area contributed by atoms with E-state index in [9.17, 15) is 0 Å². The molecular weight excluding hydrogens is 236 g/mol. The highest BCUT2D eigenvalue weighted by Gasteiger charge is 2.09. The minimum Gasteiger partial charge on any atom is -0.494 e. The van der Waals surface area contributed by atoms with Crippen molar-refractivity contribution >= 4 is 0 Å². The van der Waals surface area contributed by atoms with Crippen molar-refractivity contribution in [3.63, 3.8) is 0 Å². The van der Waals surface area contributed by atoms with E-state index in [4.69, 9.17) is 9.15 Å². The summed E-state index contributed by atoms with van der Waals surface area (Å²) in [5.74, 6) is 0.932. The minimum absolute atomic E-state index is 0.383. The average Bonchev–Trinajstić information content (AvgIpc) is 2.88.